The van der Waals surface area contributed by atoms with Gasteiger partial charge in [-0.05, 0) is 60.2 Å². The van der Waals surface area contributed by atoms with E-state index in [0.29, 0.717) is 6.42 Å². The Hall–Kier alpha value is -2.49. The van der Waals surface area contributed by atoms with Crippen LogP contribution in [0.3, 0.4) is 0 Å². The van der Waals surface area contributed by atoms with Gasteiger partial charge >= 0.3 is 0 Å². The number of aryl methyl sites for hydroxylation is 1. The Balaban J connectivity index is 1.78. The number of anilines is 1. The topological polar surface area (TPSA) is 55.6 Å². The quantitative estimate of drug-likeness (QED) is 0.878. The lowest BCUT2D eigenvalue weighted by Crippen LogP contribution is -2.34. The summed E-state index contributed by atoms with van der Waals surface area (Å²) >= 11 is 0. The molecule has 0 heterocycles. The number of nitrogens with two attached hydrogens (primary N) is 1. The molecule has 4 nitrogen and oxygen atoms in total. The second-order valence-corrected chi connectivity index (χ2v) is 6.40. The van der Waals surface area contributed by atoms with Crippen LogP contribution in [0, 0.1) is 0 Å². The fraction of sp³-hybridized carbons (Fsp3) is 0.350. The summed E-state index contributed by atoms with van der Waals surface area (Å²) in [5, 5.41) is 0. The van der Waals surface area contributed by atoms with Gasteiger partial charge in [-0.2, -0.15) is 0 Å². The Morgan fingerprint density at radius 1 is 1.29 bits per heavy atom. The van der Waals surface area contributed by atoms with Crippen LogP contribution in [0.5, 0.6) is 5.75 Å². The van der Waals surface area contributed by atoms with Gasteiger partial charge in [-0.15, -0.1) is 0 Å². The van der Waals surface area contributed by atoms with Gasteiger partial charge in [0.25, 0.3) is 0 Å². The molecule has 3 rings (SSSR count). The molecule has 0 fully saturated rings. The van der Waals surface area contributed by atoms with E-state index >= 15 is 0 Å². The Kier molecular flexibility index (Phi) is 4.74. The third-order valence-electron chi connectivity index (χ3n) is 4.80. The molecule has 0 radical (unpaired) electrons. The first-order valence-electron chi connectivity index (χ1n) is 8.35. The Morgan fingerprint density at radius 2 is 2.12 bits per heavy atom. The molecule has 0 aromatic heterocycles. The number of hydrogen-bond acceptors (Lipinski definition) is 3. The number of nitrogens with zero attached hydrogens (tertiary/aromatic N) is 1. The summed E-state index contributed by atoms with van der Waals surface area (Å²) in [6.07, 6.45) is 3.51. The molecule has 1 aliphatic rings. The largest absolute Gasteiger partial charge is 0.497 e. The summed E-state index contributed by atoms with van der Waals surface area (Å²) < 4.78 is 5.23. The highest BCUT2D eigenvalue weighted by molar-refractivity contribution is 5.79. The molecule has 126 valence electrons. The maximum atomic E-state index is 12.8. The number of nitrogen functional groups attached to an aromatic ring is 1. The Labute approximate surface area is 143 Å². The van der Waals surface area contributed by atoms with Gasteiger partial charge in [0.15, 0.2) is 0 Å². The molecule has 4 heteroatoms. The van der Waals surface area contributed by atoms with E-state index in [1.165, 1.54) is 11.1 Å². The molecule has 2 N–H and O–H groups in total. The average molecular weight is 324 g/mol. The van der Waals surface area contributed by atoms with Gasteiger partial charge in [-0.25, -0.2) is 0 Å². The Bertz CT molecular complexity index is 742. The van der Waals surface area contributed by atoms with Crippen LogP contribution in [-0.4, -0.2) is 25.0 Å². The third kappa shape index (κ3) is 3.37. The highest BCUT2D eigenvalue weighted by Gasteiger charge is 2.26. The number of benzene rings is 2. The molecule has 0 saturated carbocycles. The minimum absolute atomic E-state index is 0.107. The monoisotopic (exact) mass is 324 g/mol. The predicted molar refractivity (Wildman–Crippen MR) is 96.0 cm³/mol. The van der Waals surface area contributed by atoms with Crippen molar-refractivity contribution in [2.45, 2.75) is 31.7 Å². The van der Waals surface area contributed by atoms with Crippen molar-refractivity contribution in [1.82, 2.24) is 4.90 Å². The van der Waals surface area contributed by atoms with Crippen LogP contribution in [0.15, 0.2) is 42.5 Å². The zero-order chi connectivity index (χ0) is 17.1. The van der Waals surface area contributed by atoms with Crippen LogP contribution in [-0.2, 0) is 17.6 Å². The van der Waals surface area contributed by atoms with Gasteiger partial charge in [0.1, 0.15) is 5.75 Å². The van der Waals surface area contributed by atoms with E-state index in [9.17, 15) is 4.79 Å². The van der Waals surface area contributed by atoms with Crippen molar-refractivity contribution in [3.63, 3.8) is 0 Å². The van der Waals surface area contributed by atoms with Gasteiger partial charge in [0.05, 0.1) is 19.6 Å². The molecule has 1 aliphatic carbocycles. The molecule has 1 unspecified atom stereocenters. The van der Waals surface area contributed by atoms with Crippen LogP contribution in [0.2, 0.25) is 0 Å². The van der Waals surface area contributed by atoms with E-state index in [4.69, 9.17) is 10.5 Å². The summed E-state index contributed by atoms with van der Waals surface area (Å²) in [5.74, 6) is 0.891. The molecule has 24 heavy (non-hydrogen) atoms. The molecule has 0 aliphatic heterocycles. The first-order chi connectivity index (χ1) is 11.6. The van der Waals surface area contributed by atoms with Crippen LogP contribution < -0.4 is 10.5 Å². The minimum Gasteiger partial charge on any atom is -0.497 e. The lowest BCUT2D eigenvalue weighted by molar-refractivity contribution is -0.131. The van der Waals surface area contributed by atoms with Crippen molar-refractivity contribution in [2.24, 2.45) is 0 Å². The van der Waals surface area contributed by atoms with Crippen LogP contribution in [0.4, 0.5) is 5.69 Å². The highest BCUT2D eigenvalue weighted by Crippen LogP contribution is 2.35. The lowest BCUT2D eigenvalue weighted by atomic mass is 9.86. The van der Waals surface area contributed by atoms with E-state index in [1.54, 1.807) is 7.11 Å². The van der Waals surface area contributed by atoms with Gasteiger partial charge in [-0.3, -0.25) is 4.79 Å². The number of rotatable bonds is 4. The van der Waals surface area contributed by atoms with Crippen molar-refractivity contribution >= 4 is 11.6 Å². The van der Waals surface area contributed by atoms with E-state index in [1.807, 2.05) is 48.3 Å². The third-order valence-corrected chi connectivity index (χ3v) is 4.80. The second-order valence-electron chi connectivity index (χ2n) is 6.40. The predicted octanol–water partition coefficient (Wildman–Crippen LogP) is 3.36. The van der Waals surface area contributed by atoms with Crippen LogP contribution in [0.1, 0.15) is 35.6 Å². The summed E-state index contributed by atoms with van der Waals surface area (Å²) in [6.45, 7) is 0. The SMILES string of the molecule is COc1cccc(CC(=O)N(C)C2CCCc3ccc(N)cc32)c1. The summed E-state index contributed by atoms with van der Waals surface area (Å²) in [5.41, 5.74) is 10.2. The normalized spacial score (nSPS) is 16.3. The molecule has 1 atom stereocenters. The maximum absolute atomic E-state index is 12.8. The van der Waals surface area contributed by atoms with Gasteiger partial charge < -0.3 is 15.4 Å². The average Bonchev–Trinajstić information content (AvgIpc) is 2.60. The van der Waals surface area contributed by atoms with Gasteiger partial charge in [0.2, 0.25) is 5.91 Å². The van der Waals surface area contributed by atoms with E-state index < -0.39 is 0 Å². The number of ether oxygens (including phenoxy) is 1. The number of fused-ring (bicyclic) bond motifs is 1. The van der Waals surface area contributed by atoms with Crippen molar-refractivity contribution < 1.29 is 9.53 Å². The number of amides is 1. The first kappa shape index (κ1) is 16.4. The maximum Gasteiger partial charge on any atom is 0.227 e. The zero-order valence-electron chi connectivity index (χ0n) is 14.3. The van der Waals surface area contributed by atoms with Crippen molar-refractivity contribution in [3.05, 3.63) is 59.2 Å². The smallest absolute Gasteiger partial charge is 0.227 e. The van der Waals surface area contributed by atoms with Crippen LogP contribution >= 0.6 is 0 Å². The summed E-state index contributed by atoms with van der Waals surface area (Å²) in [6, 6.07) is 13.8. The fourth-order valence-electron chi connectivity index (χ4n) is 3.45. The highest BCUT2D eigenvalue weighted by atomic mass is 16.5. The number of likely N-dealkylation sites (N-methyl/N-ethyl adjacent to an activating group) is 1. The zero-order valence-corrected chi connectivity index (χ0v) is 14.3. The van der Waals surface area contributed by atoms with Crippen molar-refractivity contribution in [1.29, 1.82) is 0 Å². The van der Waals surface area contributed by atoms with Gasteiger partial charge in [-0.1, -0.05) is 18.2 Å². The number of carbonyl (C=O) groups excluding carboxylic acids is 1. The molecule has 0 saturated heterocycles. The summed E-state index contributed by atoms with van der Waals surface area (Å²) in [7, 11) is 3.53. The molecule has 2 aromatic rings. The standard InChI is InChI=1S/C20H24N2O2/c1-22(20(23)12-14-5-3-7-17(11-14)24-2)19-8-4-6-15-9-10-16(21)13-18(15)19/h3,5,7,9-11,13,19H,4,6,8,12,21H2,1-2H3. The lowest BCUT2D eigenvalue weighted by Gasteiger charge is -2.33. The van der Waals surface area contributed by atoms with E-state index in [2.05, 4.69) is 6.07 Å². The number of methoxy groups -OCH3 is 1. The molecular formula is C20H24N2O2. The second kappa shape index (κ2) is 6.95. The summed E-state index contributed by atoms with van der Waals surface area (Å²) in [4.78, 5) is 14.6. The number of carbonyl (C=O) groups is 1. The molecule has 0 bridgehead atoms. The Morgan fingerprint density at radius 3 is 2.92 bits per heavy atom. The minimum atomic E-state index is 0.107. The van der Waals surface area contributed by atoms with E-state index in [-0.39, 0.29) is 11.9 Å². The molecule has 1 amide bonds. The number of hydrogen-bond donors (Lipinski definition) is 1. The van der Waals surface area contributed by atoms with E-state index in [0.717, 1.165) is 36.3 Å². The molecule has 0 spiro atoms. The molecular weight excluding hydrogens is 300 g/mol. The van der Waals surface area contributed by atoms with Crippen molar-refractivity contribution in [2.75, 3.05) is 19.9 Å². The molecule has 2 aromatic carbocycles. The first-order valence-corrected chi connectivity index (χ1v) is 8.35. The van der Waals surface area contributed by atoms with Gasteiger partial charge in [0, 0.05) is 12.7 Å². The van der Waals surface area contributed by atoms with Crippen molar-refractivity contribution in [3.8, 4) is 5.75 Å². The van der Waals surface area contributed by atoms with Crippen LogP contribution in [0.25, 0.3) is 0 Å². The fourth-order valence-corrected chi connectivity index (χ4v) is 3.45.